The summed E-state index contributed by atoms with van der Waals surface area (Å²) in [5.41, 5.74) is 4.89. The van der Waals surface area contributed by atoms with E-state index in [4.69, 9.17) is 0 Å². The third-order valence-corrected chi connectivity index (χ3v) is 6.95. The minimum absolute atomic E-state index is 0.157. The van der Waals surface area contributed by atoms with Crippen molar-refractivity contribution >= 4 is 57.3 Å². The second-order valence-electron chi connectivity index (χ2n) is 8.37. The van der Waals surface area contributed by atoms with Crippen LogP contribution in [0.3, 0.4) is 0 Å². The first-order valence-electron chi connectivity index (χ1n) is 11.7. The number of amides is 1. The number of benzene rings is 3. The number of hydrogen-bond donors (Lipinski definition) is 2. The molecule has 2 N–H and O–H groups in total. The Kier molecular flexibility index (Phi) is 6.19. The van der Waals surface area contributed by atoms with Gasteiger partial charge in [0.1, 0.15) is 0 Å². The molecule has 37 heavy (non-hydrogen) atoms. The van der Waals surface area contributed by atoms with Crippen LogP contribution in [0.5, 0.6) is 0 Å². The predicted octanol–water partition coefficient (Wildman–Crippen LogP) is 7.08. The quantitative estimate of drug-likeness (QED) is 0.256. The molecule has 3 heterocycles. The lowest BCUT2D eigenvalue weighted by molar-refractivity contribution is 0.102. The molecule has 0 aliphatic heterocycles. The van der Waals surface area contributed by atoms with Crippen LogP contribution in [0.25, 0.3) is 34.0 Å². The van der Waals surface area contributed by atoms with E-state index in [1.165, 1.54) is 0 Å². The highest BCUT2D eigenvalue weighted by molar-refractivity contribution is 7.99. The van der Waals surface area contributed by atoms with E-state index < -0.39 is 0 Å². The molecule has 0 unspecified atom stereocenters. The van der Waals surface area contributed by atoms with Crippen molar-refractivity contribution in [2.24, 2.45) is 0 Å². The van der Waals surface area contributed by atoms with Gasteiger partial charge in [-0.05, 0) is 78.9 Å². The average Bonchev–Trinajstić information content (AvgIpc) is 3.35. The molecule has 3 aromatic heterocycles. The van der Waals surface area contributed by atoms with Crippen LogP contribution < -0.4 is 5.32 Å². The molecular weight excluding hydrogens is 478 g/mol. The van der Waals surface area contributed by atoms with Crippen LogP contribution in [0.1, 0.15) is 21.7 Å². The molecule has 7 heteroatoms. The van der Waals surface area contributed by atoms with Crippen molar-refractivity contribution in [3.05, 3.63) is 120 Å². The third-order valence-electron chi connectivity index (χ3n) is 5.88. The molecule has 1 amide bonds. The van der Waals surface area contributed by atoms with E-state index in [0.29, 0.717) is 5.56 Å². The maximum absolute atomic E-state index is 13.2. The Morgan fingerprint density at radius 3 is 2.65 bits per heavy atom. The van der Waals surface area contributed by atoms with Gasteiger partial charge >= 0.3 is 0 Å². The van der Waals surface area contributed by atoms with Crippen molar-refractivity contribution in [1.29, 1.82) is 0 Å². The molecule has 0 fully saturated rings. The highest BCUT2D eigenvalue weighted by atomic mass is 32.2. The first kappa shape index (κ1) is 22.7. The second kappa shape index (κ2) is 10.1. The monoisotopic (exact) mass is 499 g/mol. The lowest BCUT2D eigenvalue weighted by atomic mass is 10.1. The van der Waals surface area contributed by atoms with Crippen LogP contribution >= 0.6 is 11.8 Å². The Morgan fingerprint density at radius 1 is 0.838 bits per heavy atom. The summed E-state index contributed by atoms with van der Waals surface area (Å²) in [5, 5.41) is 12.6. The Bertz CT molecular complexity index is 1760. The molecule has 6 rings (SSSR count). The van der Waals surface area contributed by atoms with Crippen LogP contribution in [0, 0.1) is 0 Å². The van der Waals surface area contributed by atoms with E-state index in [0.717, 1.165) is 48.7 Å². The van der Waals surface area contributed by atoms with Crippen LogP contribution in [0.2, 0.25) is 0 Å². The number of aromatic nitrogens is 4. The van der Waals surface area contributed by atoms with Gasteiger partial charge in [-0.2, -0.15) is 5.10 Å². The van der Waals surface area contributed by atoms with E-state index in [1.807, 2.05) is 97.1 Å². The zero-order chi connectivity index (χ0) is 25.0. The molecule has 3 aromatic carbocycles. The molecule has 178 valence electrons. The van der Waals surface area contributed by atoms with Crippen molar-refractivity contribution in [3.8, 4) is 0 Å². The van der Waals surface area contributed by atoms with Crippen LogP contribution in [-0.2, 0) is 0 Å². The number of pyridine rings is 2. The van der Waals surface area contributed by atoms with Gasteiger partial charge in [-0.3, -0.25) is 19.9 Å². The normalized spacial score (nSPS) is 11.4. The number of rotatable bonds is 6. The fraction of sp³-hybridized carbons (Fsp3) is 0. The van der Waals surface area contributed by atoms with Gasteiger partial charge in [0, 0.05) is 38.6 Å². The van der Waals surface area contributed by atoms with Gasteiger partial charge in [0.15, 0.2) is 0 Å². The van der Waals surface area contributed by atoms with E-state index in [-0.39, 0.29) is 5.91 Å². The smallest absolute Gasteiger partial charge is 0.256 e. The number of H-pyrrole nitrogens is 1. The molecule has 6 nitrogen and oxygen atoms in total. The predicted molar refractivity (Wildman–Crippen MR) is 150 cm³/mol. The first-order valence-corrected chi connectivity index (χ1v) is 12.5. The van der Waals surface area contributed by atoms with Crippen molar-refractivity contribution in [3.63, 3.8) is 0 Å². The lowest BCUT2D eigenvalue weighted by Gasteiger charge is -2.11. The first-order chi connectivity index (χ1) is 18.2. The maximum atomic E-state index is 13.2. The fourth-order valence-corrected chi connectivity index (χ4v) is 5.06. The Balaban J connectivity index is 1.22. The number of carbonyl (C=O) groups is 1. The van der Waals surface area contributed by atoms with Crippen molar-refractivity contribution < 1.29 is 4.79 Å². The topological polar surface area (TPSA) is 83.6 Å². The number of anilines is 1. The number of carbonyl (C=O) groups excluding carboxylic acids is 1. The van der Waals surface area contributed by atoms with Gasteiger partial charge in [-0.15, -0.1) is 0 Å². The van der Waals surface area contributed by atoms with E-state index in [2.05, 4.69) is 31.5 Å². The lowest BCUT2D eigenvalue weighted by Crippen LogP contribution is -2.12. The summed E-state index contributed by atoms with van der Waals surface area (Å²) in [6.45, 7) is 0. The van der Waals surface area contributed by atoms with Gasteiger partial charge in [0.25, 0.3) is 5.91 Å². The average molecular weight is 500 g/mol. The van der Waals surface area contributed by atoms with E-state index in [1.54, 1.807) is 24.2 Å². The molecule has 0 spiro atoms. The molecule has 0 bridgehead atoms. The zero-order valence-electron chi connectivity index (χ0n) is 19.6. The number of fused-ring (bicyclic) bond motifs is 2. The molecule has 0 radical (unpaired) electrons. The summed E-state index contributed by atoms with van der Waals surface area (Å²) >= 11 is 1.54. The van der Waals surface area contributed by atoms with Gasteiger partial charge in [-0.1, -0.05) is 36.0 Å². The summed E-state index contributed by atoms with van der Waals surface area (Å²) in [5.74, 6) is -0.157. The molecule has 0 aliphatic carbocycles. The van der Waals surface area contributed by atoms with Gasteiger partial charge in [0.2, 0.25) is 0 Å². The van der Waals surface area contributed by atoms with Gasteiger partial charge < -0.3 is 5.32 Å². The van der Waals surface area contributed by atoms with Crippen LogP contribution in [0.4, 0.5) is 5.69 Å². The van der Waals surface area contributed by atoms with Crippen molar-refractivity contribution in [2.75, 3.05) is 5.32 Å². The second-order valence-corrected chi connectivity index (χ2v) is 9.48. The Morgan fingerprint density at radius 2 is 1.73 bits per heavy atom. The van der Waals surface area contributed by atoms with Crippen LogP contribution in [-0.4, -0.2) is 26.1 Å². The number of aromatic amines is 1. The summed E-state index contributed by atoms with van der Waals surface area (Å²) < 4.78 is 0. The Labute approximate surface area is 217 Å². The minimum Gasteiger partial charge on any atom is -0.322 e. The number of hydrogen-bond acceptors (Lipinski definition) is 5. The summed E-state index contributed by atoms with van der Waals surface area (Å²) in [6.07, 6.45) is 7.42. The SMILES string of the molecule is O=C(Nc1ccc2ncccc2c1)c1ccccc1Sc1ccc2c(/C=C/c3ccccn3)n[nH]c2c1. The summed E-state index contributed by atoms with van der Waals surface area (Å²) in [4.78, 5) is 23.7. The number of nitrogens with one attached hydrogen (secondary N) is 2. The maximum Gasteiger partial charge on any atom is 0.256 e. The molecule has 0 saturated carbocycles. The zero-order valence-corrected chi connectivity index (χ0v) is 20.4. The molecule has 6 aromatic rings. The standard InChI is InChI=1S/C30H21N5OS/c36-30(33-22-11-14-26-20(18-22)6-5-17-32-26)25-8-1-2-9-29(25)37-23-12-13-24-27(34-35-28(24)19-23)15-10-21-7-3-4-16-31-21/h1-19H,(H,33,36)(H,34,35)/b15-10+. The van der Waals surface area contributed by atoms with E-state index in [9.17, 15) is 4.79 Å². The fourth-order valence-electron chi connectivity index (χ4n) is 4.07. The summed E-state index contributed by atoms with van der Waals surface area (Å²) in [6, 6.07) is 29.1. The van der Waals surface area contributed by atoms with Crippen molar-refractivity contribution in [2.45, 2.75) is 9.79 Å². The highest BCUT2D eigenvalue weighted by Crippen LogP contribution is 2.33. The number of nitrogens with zero attached hydrogens (tertiary/aromatic N) is 3. The van der Waals surface area contributed by atoms with Crippen LogP contribution in [0.15, 0.2) is 113 Å². The van der Waals surface area contributed by atoms with E-state index >= 15 is 0 Å². The highest BCUT2D eigenvalue weighted by Gasteiger charge is 2.14. The minimum atomic E-state index is -0.157. The van der Waals surface area contributed by atoms with Crippen molar-refractivity contribution in [1.82, 2.24) is 20.2 Å². The molecule has 0 aliphatic rings. The van der Waals surface area contributed by atoms with Gasteiger partial charge in [0.05, 0.1) is 28.0 Å². The third kappa shape index (κ3) is 4.98. The van der Waals surface area contributed by atoms with Gasteiger partial charge in [-0.25, -0.2) is 0 Å². The Hall–Kier alpha value is -4.75. The molecule has 0 atom stereocenters. The molecular formula is C30H21N5OS. The largest absolute Gasteiger partial charge is 0.322 e. The summed E-state index contributed by atoms with van der Waals surface area (Å²) in [7, 11) is 0. The molecule has 0 saturated heterocycles.